The van der Waals surface area contributed by atoms with E-state index in [4.69, 9.17) is 18.9 Å². The molecule has 0 atom stereocenters. The third-order valence-corrected chi connectivity index (χ3v) is 7.04. The molecule has 0 N–H and O–H groups in total. The molecule has 0 amide bonds. The zero-order chi connectivity index (χ0) is 28.7. The fourth-order valence-corrected chi connectivity index (χ4v) is 5.01. The van der Waals surface area contributed by atoms with Crippen LogP contribution in [-0.2, 0) is 4.74 Å². The fraction of sp³-hybridized carbons (Fsp3) is 0.125. The first-order valence-corrected chi connectivity index (χ1v) is 12.9. The monoisotopic (exact) mass is 546 g/mol. The van der Waals surface area contributed by atoms with Gasteiger partial charge in [0.05, 0.1) is 42.3 Å². The maximum absolute atomic E-state index is 13.7. The van der Waals surface area contributed by atoms with Gasteiger partial charge in [-0.3, -0.25) is 4.79 Å². The van der Waals surface area contributed by atoms with Crippen LogP contribution in [0.25, 0.3) is 39.1 Å². The van der Waals surface area contributed by atoms with E-state index in [0.717, 1.165) is 28.0 Å². The highest BCUT2D eigenvalue weighted by atomic mass is 16.5. The minimum atomic E-state index is -0.390. The quantitative estimate of drug-likeness (QED) is 0.191. The predicted molar refractivity (Wildman–Crippen MR) is 157 cm³/mol. The number of furan rings is 1. The van der Waals surface area contributed by atoms with E-state index in [1.165, 1.54) is 11.8 Å². The van der Waals surface area contributed by atoms with Gasteiger partial charge in [-0.2, -0.15) is 9.78 Å². The van der Waals surface area contributed by atoms with Gasteiger partial charge < -0.3 is 18.5 Å². The van der Waals surface area contributed by atoms with Crippen LogP contribution in [0.3, 0.4) is 0 Å². The molecule has 41 heavy (non-hydrogen) atoms. The Morgan fingerprint density at radius 3 is 2.49 bits per heavy atom. The number of aryl methyl sites for hydroxylation is 1. The van der Waals surface area contributed by atoms with Gasteiger partial charge in [0.1, 0.15) is 11.3 Å². The van der Waals surface area contributed by atoms with Gasteiger partial charge >= 0.3 is 5.97 Å². The third-order valence-electron chi connectivity index (χ3n) is 7.04. The molecule has 0 saturated carbocycles. The zero-order valence-electron chi connectivity index (χ0n) is 22.9. The minimum Gasteiger partial charge on any atom is -0.496 e. The smallest absolute Gasteiger partial charge is 0.337 e. The van der Waals surface area contributed by atoms with E-state index in [1.807, 2.05) is 56.3 Å². The molecule has 0 radical (unpaired) electrons. The summed E-state index contributed by atoms with van der Waals surface area (Å²) in [5.41, 5.74) is 4.88. The van der Waals surface area contributed by atoms with E-state index in [1.54, 1.807) is 49.7 Å². The number of carbonyl (C=O) groups excluding carboxylic acids is 1. The predicted octanol–water partition coefficient (Wildman–Crippen LogP) is 5.89. The molecule has 204 valence electrons. The molecule has 9 nitrogen and oxygen atoms in total. The van der Waals surface area contributed by atoms with Crippen LogP contribution in [0.2, 0.25) is 0 Å². The number of rotatable bonds is 6. The van der Waals surface area contributed by atoms with Crippen LogP contribution >= 0.6 is 0 Å². The molecule has 3 heterocycles. The van der Waals surface area contributed by atoms with E-state index >= 15 is 0 Å². The van der Waals surface area contributed by atoms with Crippen molar-refractivity contribution in [2.24, 2.45) is 5.10 Å². The van der Waals surface area contributed by atoms with Crippen LogP contribution in [0.1, 0.15) is 27.3 Å². The van der Waals surface area contributed by atoms with Crippen LogP contribution in [0.4, 0.5) is 0 Å². The van der Waals surface area contributed by atoms with Crippen molar-refractivity contribution < 1.29 is 18.7 Å². The summed E-state index contributed by atoms with van der Waals surface area (Å²) in [6.45, 7) is 3.95. The highest BCUT2D eigenvalue weighted by Crippen LogP contribution is 2.33. The topological polar surface area (TPSA) is 101 Å². The lowest BCUT2D eigenvalue weighted by molar-refractivity contribution is 0.0600. The van der Waals surface area contributed by atoms with Gasteiger partial charge in [0.15, 0.2) is 5.76 Å². The first kappa shape index (κ1) is 25.8. The molecule has 0 aliphatic rings. The standard InChI is InChI=1S/C32H26N4O5/c1-19-16-22(20(2)35(19)23-14-12-21(13-15-23)32(38)40-4)18-33-36-30(34-26-9-6-5-8-24(26)31(36)37)29-17-25-27(39-3)10-7-11-28(25)41-29/h5-18H,1-4H3. The van der Waals surface area contributed by atoms with Gasteiger partial charge in [0.25, 0.3) is 5.56 Å². The molecule has 0 saturated heterocycles. The van der Waals surface area contributed by atoms with Crippen LogP contribution in [0, 0.1) is 13.8 Å². The summed E-state index contributed by atoms with van der Waals surface area (Å²) in [5.74, 6) is 0.928. The van der Waals surface area contributed by atoms with Gasteiger partial charge in [-0.1, -0.05) is 18.2 Å². The Balaban J connectivity index is 1.46. The van der Waals surface area contributed by atoms with Gasteiger partial charge in [0, 0.05) is 22.6 Å². The maximum atomic E-state index is 13.7. The second kappa shape index (κ2) is 10.3. The normalized spacial score (nSPS) is 11.5. The molecule has 0 fully saturated rings. The number of methoxy groups -OCH3 is 2. The van der Waals surface area contributed by atoms with Gasteiger partial charge in [-0.15, -0.1) is 0 Å². The van der Waals surface area contributed by atoms with E-state index in [9.17, 15) is 9.59 Å². The third kappa shape index (κ3) is 4.47. The first-order valence-electron chi connectivity index (χ1n) is 12.9. The van der Waals surface area contributed by atoms with E-state index in [0.29, 0.717) is 33.6 Å². The number of para-hydroxylation sites is 1. The average molecular weight is 547 g/mol. The van der Waals surface area contributed by atoms with Crippen molar-refractivity contribution in [1.29, 1.82) is 0 Å². The Morgan fingerprint density at radius 2 is 1.73 bits per heavy atom. The second-order valence-electron chi connectivity index (χ2n) is 9.50. The number of aromatic nitrogens is 3. The Labute approximate surface area is 234 Å². The molecule has 0 unspecified atom stereocenters. The number of fused-ring (bicyclic) bond motifs is 2. The van der Waals surface area contributed by atoms with Crippen LogP contribution in [-0.4, -0.2) is 40.6 Å². The lowest BCUT2D eigenvalue weighted by atomic mass is 10.2. The number of nitrogens with zero attached hydrogens (tertiary/aromatic N) is 4. The SMILES string of the molecule is COC(=O)c1ccc(-n2c(C)cc(C=Nn3c(-c4cc5c(OC)cccc5o4)nc4ccccc4c3=O)c2C)cc1. The summed E-state index contributed by atoms with van der Waals surface area (Å²) in [4.78, 5) is 30.3. The molecule has 0 aliphatic carbocycles. The van der Waals surface area contributed by atoms with Crippen molar-refractivity contribution in [3.8, 4) is 23.0 Å². The molecule has 3 aromatic heterocycles. The van der Waals surface area contributed by atoms with Crippen molar-refractivity contribution in [3.05, 3.63) is 112 Å². The molecular weight excluding hydrogens is 520 g/mol. The molecule has 0 bridgehead atoms. The Morgan fingerprint density at radius 1 is 0.951 bits per heavy atom. The van der Waals surface area contributed by atoms with E-state index < -0.39 is 5.97 Å². The summed E-state index contributed by atoms with van der Waals surface area (Å²) >= 11 is 0. The lowest BCUT2D eigenvalue weighted by Crippen LogP contribution is -2.20. The lowest BCUT2D eigenvalue weighted by Gasteiger charge is -2.10. The highest BCUT2D eigenvalue weighted by molar-refractivity contribution is 5.90. The maximum Gasteiger partial charge on any atom is 0.337 e. The number of ether oxygens (including phenoxy) is 2. The number of carbonyl (C=O) groups is 1. The Bertz CT molecular complexity index is 2030. The Hall–Kier alpha value is -5.44. The minimum absolute atomic E-state index is 0.274. The Kier molecular flexibility index (Phi) is 6.47. The van der Waals surface area contributed by atoms with E-state index in [-0.39, 0.29) is 11.4 Å². The number of hydrogen-bond donors (Lipinski definition) is 0. The molecule has 9 heteroatoms. The summed E-state index contributed by atoms with van der Waals surface area (Å²) < 4.78 is 19.7. The van der Waals surface area contributed by atoms with Crippen molar-refractivity contribution in [1.82, 2.24) is 14.2 Å². The molecule has 0 spiro atoms. The fourth-order valence-electron chi connectivity index (χ4n) is 5.01. The summed E-state index contributed by atoms with van der Waals surface area (Å²) in [6.07, 6.45) is 1.65. The average Bonchev–Trinajstić information content (AvgIpc) is 3.56. The molecule has 6 rings (SSSR count). The first-order chi connectivity index (χ1) is 19.9. The highest BCUT2D eigenvalue weighted by Gasteiger charge is 2.18. The van der Waals surface area contributed by atoms with Crippen LogP contribution in [0.5, 0.6) is 5.75 Å². The number of benzene rings is 3. The largest absolute Gasteiger partial charge is 0.496 e. The summed E-state index contributed by atoms with van der Waals surface area (Å²) in [5, 5.41) is 5.83. The number of hydrogen-bond acceptors (Lipinski definition) is 7. The van der Waals surface area contributed by atoms with Crippen LogP contribution < -0.4 is 10.3 Å². The van der Waals surface area contributed by atoms with Crippen LogP contribution in [0.15, 0.2) is 93.2 Å². The van der Waals surface area contributed by atoms with Crippen molar-refractivity contribution in [2.75, 3.05) is 14.2 Å². The summed E-state index contributed by atoms with van der Waals surface area (Å²) in [6, 6.07) is 23.6. The van der Waals surface area contributed by atoms with Crippen molar-refractivity contribution >= 4 is 34.1 Å². The molecule has 0 aliphatic heterocycles. The van der Waals surface area contributed by atoms with Gasteiger partial charge in [0.2, 0.25) is 5.82 Å². The zero-order valence-corrected chi connectivity index (χ0v) is 22.9. The van der Waals surface area contributed by atoms with E-state index in [2.05, 4.69) is 9.67 Å². The van der Waals surface area contributed by atoms with Crippen molar-refractivity contribution in [2.45, 2.75) is 13.8 Å². The molecule has 3 aromatic carbocycles. The molecule has 6 aromatic rings. The summed E-state index contributed by atoms with van der Waals surface area (Å²) in [7, 11) is 2.95. The number of esters is 1. The molecular formula is C32H26N4O5. The van der Waals surface area contributed by atoms with Gasteiger partial charge in [-0.25, -0.2) is 9.78 Å². The second-order valence-corrected chi connectivity index (χ2v) is 9.50. The van der Waals surface area contributed by atoms with Gasteiger partial charge in [-0.05, 0) is 74.5 Å². The van der Waals surface area contributed by atoms with Crippen molar-refractivity contribution in [3.63, 3.8) is 0 Å².